The molecule has 1 unspecified atom stereocenters. The second-order valence-electron chi connectivity index (χ2n) is 4.61. The third kappa shape index (κ3) is 5.83. The van der Waals surface area contributed by atoms with E-state index in [2.05, 4.69) is 5.32 Å². The van der Waals surface area contributed by atoms with Crippen molar-refractivity contribution in [3.8, 4) is 0 Å². The molecule has 0 fully saturated rings. The standard InChI is InChI=1S/C13H16F3NO2S/c1-8(2)10(18)7-12(19)17-9-5-3-4-6-11(9)20-13(14,15)16/h3-6,8,10,18H,7H2,1-2H3,(H,17,19). The van der Waals surface area contributed by atoms with Gasteiger partial charge in [-0.05, 0) is 29.8 Å². The molecule has 1 amide bonds. The average molecular weight is 307 g/mol. The van der Waals surface area contributed by atoms with E-state index in [-0.39, 0.29) is 34.7 Å². The molecule has 0 heterocycles. The molecule has 0 aromatic heterocycles. The fraction of sp³-hybridized carbons (Fsp3) is 0.462. The summed E-state index contributed by atoms with van der Waals surface area (Å²) in [6, 6.07) is 5.68. The fourth-order valence-corrected chi connectivity index (χ4v) is 2.04. The van der Waals surface area contributed by atoms with Crippen molar-refractivity contribution in [1.29, 1.82) is 0 Å². The summed E-state index contributed by atoms with van der Waals surface area (Å²) >= 11 is -0.283. The summed E-state index contributed by atoms with van der Waals surface area (Å²) in [5.74, 6) is -0.609. The molecule has 112 valence electrons. The molecule has 0 aliphatic heterocycles. The van der Waals surface area contributed by atoms with Crippen molar-refractivity contribution in [2.24, 2.45) is 5.92 Å². The average Bonchev–Trinajstić information content (AvgIpc) is 2.29. The predicted molar refractivity (Wildman–Crippen MR) is 72.4 cm³/mol. The zero-order valence-electron chi connectivity index (χ0n) is 11.1. The number of benzene rings is 1. The third-order valence-corrected chi connectivity index (χ3v) is 3.36. The van der Waals surface area contributed by atoms with Gasteiger partial charge in [0.1, 0.15) is 0 Å². The van der Waals surface area contributed by atoms with Gasteiger partial charge in [0.05, 0.1) is 18.2 Å². The SMILES string of the molecule is CC(C)C(O)CC(=O)Nc1ccccc1SC(F)(F)F. The van der Waals surface area contributed by atoms with Crippen molar-refractivity contribution >= 4 is 23.4 Å². The lowest BCUT2D eigenvalue weighted by atomic mass is 10.0. The first-order valence-electron chi connectivity index (χ1n) is 6.01. The number of nitrogens with one attached hydrogen (secondary N) is 1. The molecule has 0 aliphatic rings. The number of aliphatic hydroxyl groups is 1. The van der Waals surface area contributed by atoms with Gasteiger partial charge in [0, 0.05) is 4.90 Å². The summed E-state index contributed by atoms with van der Waals surface area (Å²) in [5.41, 5.74) is -4.33. The third-order valence-electron chi connectivity index (χ3n) is 2.55. The fourth-order valence-electron chi connectivity index (χ4n) is 1.41. The molecule has 20 heavy (non-hydrogen) atoms. The predicted octanol–water partition coefficient (Wildman–Crippen LogP) is 3.64. The van der Waals surface area contributed by atoms with E-state index in [9.17, 15) is 23.1 Å². The molecule has 2 N–H and O–H groups in total. The maximum atomic E-state index is 12.4. The highest BCUT2D eigenvalue weighted by Gasteiger charge is 2.30. The highest BCUT2D eigenvalue weighted by Crippen LogP contribution is 2.40. The summed E-state index contributed by atoms with van der Waals surface area (Å²) < 4.78 is 37.2. The number of para-hydroxylation sites is 1. The van der Waals surface area contributed by atoms with Gasteiger partial charge in [-0.25, -0.2) is 0 Å². The van der Waals surface area contributed by atoms with Crippen molar-refractivity contribution in [2.45, 2.75) is 36.8 Å². The molecular formula is C13H16F3NO2S. The number of hydrogen-bond donors (Lipinski definition) is 2. The Hall–Kier alpha value is -1.21. The molecule has 1 aromatic rings. The number of rotatable bonds is 5. The lowest BCUT2D eigenvalue weighted by Gasteiger charge is -2.15. The molecule has 1 rings (SSSR count). The monoisotopic (exact) mass is 307 g/mol. The number of alkyl halides is 3. The Morgan fingerprint density at radius 2 is 1.95 bits per heavy atom. The Bertz CT molecular complexity index is 463. The zero-order chi connectivity index (χ0) is 15.3. The minimum absolute atomic E-state index is 0.0765. The number of halogens is 3. The van der Waals surface area contributed by atoms with Crippen LogP contribution in [0.15, 0.2) is 29.2 Å². The molecule has 0 spiro atoms. The van der Waals surface area contributed by atoms with E-state index in [1.807, 2.05) is 0 Å². The Morgan fingerprint density at radius 1 is 1.35 bits per heavy atom. The lowest BCUT2D eigenvalue weighted by molar-refractivity contribution is -0.118. The second kappa shape index (κ2) is 6.99. The Morgan fingerprint density at radius 3 is 2.50 bits per heavy atom. The van der Waals surface area contributed by atoms with Crippen LogP contribution in [0.3, 0.4) is 0 Å². The van der Waals surface area contributed by atoms with Crippen LogP contribution in [-0.2, 0) is 4.79 Å². The van der Waals surface area contributed by atoms with Crippen molar-refractivity contribution in [1.82, 2.24) is 0 Å². The van der Waals surface area contributed by atoms with Gasteiger partial charge in [-0.15, -0.1) is 0 Å². The summed E-state index contributed by atoms with van der Waals surface area (Å²) in [6.07, 6.45) is -0.972. The van der Waals surface area contributed by atoms with Gasteiger partial charge in [0.25, 0.3) is 0 Å². The summed E-state index contributed by atoms with van der Waals surface area (Å²) in [7, 11) is 0. The zero-order valence-corrected chi connectivity index (χ0v) is 11.9. The summed E-state index contributed by atoms with van der Waals surface area (Å²) in [4.78, 5) is 11.6. The normalized spacial score (nSPS) is 13.3. The van der Waals surface area contributed by atoms with Crippen LogP contribution in [0, 0.1) is 5.92 Å². The molecule has 3 nitrogen and oxygen atoms in total. The Labute approximate surface area is 119 Å². The van der Waals surface area contributed by atoms with Gasteiger partial charge in [-0.1, -0.05) is 26.0 Å². The number of carbonyl (C=O) groups is 1. The van der Waals surface area contributed by atoms with Crippen molar-refractivity contribution in [3.05, 3.63) is 24.3 Å². The maximum absolute atomic E-state index is 12.4. The number of hydrogen-bond acceptors (Lipinski definition) is 3. The Kier molecular flexibility index (Phi) is 5.88. The summed E-state index contributed by atoms with van der Waals surface area (Å²) in [5, 5.41) is 12.0. The van der Waals surface area contributed by atoms with Gasteiger partial charge < -0.3 is 10.4 Å². The number of aliphatic hydroxyl groups excluding tert-OH is 1. The van der Waals surface area contributed by atoms with Crippen LogP contribution in [0.1, 0.15) is 20.3 Å². The van der Waals surface area contributed by atoms with Crippen molar-refractivity contribution < 1.29 is 23.1 Å². The van der Waals surface area contributed by atoms with Crippen molar-refractivity contribution in [2.75, 3.05) is 5.32 Å². The van der Waals surface area contributed by atoms with Crippen LogP contribution in [0.2, 0.25) is 0 Å². The molecular weight excluding hydrogens is 291 g/mol. The van der Waals surface area contributed by atoms with Crippen LogP contribution in [0.25, 0.3) is 0 Å². The molecule has 0 aliphatic carbocycles. The summed E-state index contributed by atoms with van der Waals surface area (Å²) in [6.45, 7) is 3.51. The van der Waals surface area contributed by atoms with Crippen LogP contribution in [0.5, 0.6) is 0 Å². The minimum Gasteiger partial charge on any atom is -0.392 e. The van der Waals surface area contributed by atoms with E-state index >= 15 is 0 Å². The highest BCUT2D eigenvalue weighted by atomic mass is 32.2. The van der Waals surface area contributed by atoms with E-state index in [0.29, 0.717) is 0 Å². The first-order valence-corrected chi connectivity index (χ1v) is 6.83. The van der Waals surface area contributed by atoms with Gasteiger partial charge in [-0.2, -0.15) is 13.2 Å². The van der Waals surface area contributed by atoms with E-state index in [0.717, 1.165) is 0 Å². The lowest BCUT2D eigenvalue weighted by Crippen LogP contribution is -2.24. The van der Waals surface area contributed by atoms with Crippen LogP contribution in [-0.4, -0.2) is 22.6 Å². The van der Waals surface area contributed by atoms with Gasteiger partial charge in [-0.3, -0.25) is 4.79 Å². The number of anilines is 1. The molecule has 7 heteroatoms. The number of carbonyl (C=O) groups excluding carboxylic acids is 1. The van der Waals surface area contributed by atoms with Gasteiger partial charge >= 0.3 is 5.51 Å². The quantitative estimate of drug-likeness (QED) is 0.817. The topological polar surface area (TPSA) is 49.3 Å². The van der Waals surface area contributed by atoms with E-state index in [1.165, 1.54) is 24.3 Å². The molecule has 0 saturated heterocycles. The molecule has 1 atom stereocenters. The largest absolute Gasteiger partial charge is 0.446 e. The van der Waals surface area contributed by atoms with Gasteiger partial charge in [0.15, 0.2) is 0 Å². The van der Waals surface area contributed by atoms with Gasteiger partial charge in [0.2, 0.25) is 5.91 Å². The Balaban J connectivity index is 2.75. The highest BCUT2D eigenvalue weighted by molar-refractivity contribution is 8.00. The maximum Gasteiger partial charge on any atom is 0.446 e. The first-order chi connectivity index (χ1) is 9.19. The molecule has 0 bridgehead atoms. The van der Waals surface area contributed by atoms with E-state index in [4.69, 9.17) is 0 Å². The van der Waals surface area contributed by atoms with Crippen LogP contribution < -0.4 is 5.32 Å². The number of thioether (sulfide) groups is 1. The molecule has 0 radical (unpaired) electrons. The van der Waals surface area contributed by atoms with Crippen molar-refractivity contribution in [3.63, 3.8) is 0 Å². The minimum atomic E-state index is -4.42. The van der Waals surface area contributed by atoms with E-state index in [1.54, 1.807) is 13.8 Å². The van der Waals surface area contributed by atoms with Crippen LogP contribution >= 0.6 is 11.8 Å². The smallest absolute Gasteiger partial charge is 0.392 e. The molecule has 1 aromatic carbocycles. The second-order valence-corrected chi connectivity index (χ2v) is 5.71. The van der Waals surface area contributed by atoms with Crippen LogP contribution in [0.4, 0.5) is 18.9 Å². The van der Waals surface area contributed by atoms with E-state index < -0.39 is 17.5 Å². The molecule has 0 saturated carbocycles. The first kappa shape index (κ1) is 16.8. The number of amides is 1.